The van der Waals surface area contributed by atoms with Crippen molar-refractivity contribution in [3.8, 4) is 0 Å². The molecule has 0 aromatic carbocycles. The number of thiophene rings is 1. The van der Waals surface area contributed by atoms with Gasteiger partial charge in [-0.2, -0.15) is 0 Å². The third-order valence-electron chi connectivity index (χ3n) is 3.78. The van der Waals surface area contributed by atoms with Crippen molar-refractivity contribution in [2.45, 2.75) is 37.8 Å². The van der Waals surface area contributed by atoms with Gasteiger partial charge in [0, 0.05) is 4.88 Å². The molecular weight excluding hydrogens is 362 g/mol. The first-order valence-corrected chi connectivity index (χ1v) is 9.79. The van der Waals surface area contributed by atoms with E-state index in [0.29, 0.717) is 22.3 Å². The summed E-state index contributed by atoms with van der Waals surface area (Å²) < 4.78 is 6.44. The van der Waals surface area contributed by atoms with E-state index in [1.54, 1.807) is 6.92 Å². The van der Waals surface area contributed by atoms with Gasteiger partial charge in [-0.25, -0.2) is 9.47 Å². The first-order valence-electron chi connectivity index (χ1n) is 7.99. The summed E-state index contributed by atoms with van der Waals surface area (Å²) in [6, 6.07) is 0. The number of nitrogens with one attached hydrogen (secondary N) is 1. The minimum Gasteiger partial charge on any atom is -0.462 e. The van der Waals surface area contributed by atoms with Crippen molar-refractivity contribution < 1.29 is 14.3 Å². The summed E-state index contributed by atoms with van der Waals surface area (Å²) in [7, 11) is 0. The van der Waals surface area contributed by atoms with Crippen LogP contribution in [0.25, 0.3) is 0 Å². The van der Waals surface area contributed by atoms with E-state index in [1.165, 1.54) is 39.0 Å². The van der Waals surface area contributed by atoms with Crippen LogP contribution in [0.2, 0.25) is 0 Å². The Bertz CT molecular complexity index is 786. The molecule has 0 saturated heterocycles. The molecule has 0 aliphatic heterocycles. The number of carbonyl (C=O) groups is 2. The first kappa shape index (κ1) is 17.7. The Labute approximate surface area is 153 Å². The molecule has 1 amide bonds. The normalized spacial score (nSPS) is 13.3. The maximum Gasteiger partial charge on any atom is 0.341 e. The van der Waals surface area contributed by atoms with E-state index >= 15 is 0 Å². The van der Waals surface area contributed by atoms with Gasteiger partial charge in [0.15, 0.2) is 0 Å². The van der Waals surface area contributed by atoms with Crippen LogP contribution >= 0.6 is 23.1 Å². The maximum atomic E-state index is 12.4. The van der Waals surface area contributed by atoms with Gasteiger partial charge in [0.25, 0.3) is 0 Å². The Hall–Kier alpha value is -2.07. The number of nitrogens with two attached hydrogens (primary N) is 1. The number of nitrogens with zero attached hydrogens (tertiary/aromatic N) is 3. The molecule has 0 saturated carbocycles. The fourth-order valence-corrected chi connectivity index (χ4v) is 4.63. The van der Waals surface area contributed by atoms with E-state index in [-0.39, 0.29) is 17.6 Å². The van der Waals surface area contributed by atoms with Gasteiger partial charge in [0.05, 0.1) is 17.9 Å². The average molecular weight is 381 g/mol. The molecule has 2 aromatic rings. The summed E-state index contributed by atoms with van der Waals surface area (Å²) in [6.45, 7) is 2.08. The number of ether oxygens (including phenoxy) is 1. The van der Waals surface area contributed by atoms with Gasteiger partial charge >= 0.3 is 5.97 Å². The highest BCUT2D eigenvalue weighted by molar-refractivity contribution is 7.99. The second-order valence-electron chi connectivity index (χ2n) is 5.49. The number of esters is 1. The molecule has 3 N–H and O–H groups in total. The van der Waals surface area contributed by atoms with Crippen LogP contribution in [0.4, 0.5) is 5.00 Å². The van der Waals surface area contributed by atoms with Crippen molar-refractivity contribution >= 4 is 40.0 Å². The summed E-state index contributed by atoms with van der Waals surface area (Å²) >= 11 is 2.65. The van der Waals surface area contributed by atoms with Crippen LogP contribution in [0.3, 0.4) is 0 Å². The molecule has 3 rings (SSSR count). The standard InChI is InChI=1S/C15H19N5O3S2/c1-2-23-14(22)12-9-5-3-4-6-10(9)25-13(12)18-11(21)7-24-15-19-17-8-20(15)16/h8H,2-7,16H2,1H3,(H,18,21). The van der Waals surface area contributed by atoms with Crippen LogP contribution in [0.1, 0.15) is 40.6 Å². The molecule has 0 bridgehead atoms. The van der Waals surface area contributed by atoms with Gasteiger partial charge in [-0.1, -0.05) is 11.8 Å². The molecular formula is C15H19N5O3S2. The number of hydrogen-bond acceptors (Lipinski definition) is 8. The van der Waals surface area contributed by atoms with Crippen molar-refractivity contribution in [2.75, 3.05) is 23.5 Å². The molecule has 10 heteroatoms. The Balaban J connectivity index is 1.74. The fourth-order valence-electron chi connectivity index (χ4n) is 2.70. The highest BCUT2D eigenvalue weighted by atomic mass is 32.2. The van der Waals surface area contributed by atoms with E-state index in [1.807, 2.05) is 0 Å². The Kier molecular flexibility index (Phi) is 5.59. The van der Waals surface area contributed by atoms with Crippen molar-refractivity contribution in [1.29, 1.82) is 0 Å². The molecule has 2 heterocycles. The summed E-state index contributed by atoms with van der Waals surface area (Å²) in [4.78, 5) is 25.8. The zero-order chi connectivity index (χ0) is 17.8. The quantitative estimate of drug-likeness (QED) is 0.446. The summed E-state index contributed by atoms with van der Waals surface area (Å²) in [6.07, 6.45) is 5.30. The second-order valence-corrected chi connectivity index (χ2v) is 7.54. The van der Waals surface area contributed by atoms with Crippen LogP contribution in [-0.4, -0.2) is 39.1 Å². The summed E-state index contributed by atoms with van der Waals surface area (Å²) in [5.41, 5.74) is 1.54. The lowest BCUT2D eigenvalue weighted by Crippen LogP contribution is -2.18. The highest BCUT2D eigenvalue weighted by Crippen LogP contribution is 2.38. The number of aromatic nitrogens is 3. The Morgan fingerprint density at radius 2 is 2.24 bits per heavy atom. The number of hydrogen-bond donors (Lipinski definition) is 2. The van der Waals surface area contributed by atoms with Crippen LogP contribution in [0.5, 0.6) is 0 Å². The van der Waals surface area contributed by atoms with E-state index in [0.717, 1.165) is 31.2 Å². The number of thioether (sulfide) groups is 1. The molecule has 2 aromatic heterocycles. The van der Waals surface area contributed by atoms with Gasteiger partial charge in [-0.3, -0.25) is 4.79 Å². The third kappa shape index (κ3) is 3.96. The predicted octanol–water partition coefficient (Wildman–Crippen LogP) is 1.84. The Morgan fingerprint density at radius 1 is 1.44 bits per heavy atom. The molecule has 1 aliphatic carbocycles. The number of anilines is 1. The van der Waals surface area contributed by atoms with Crippen LogP contribution in [0.15, 0.2) is 11.5 Å². The lowest BCUT2D eigenvalue weighted by molar-refractivity contribution is -0.113. The SMILES string of the molecule is CCOC(=O)c1c(NC(=O)CSc2nncn2N)sc2c1CCCC2. The van der Waals surface area contributed by atoms with E-state index in [2.05, 4.69) is 15.5 Å². The minimum absolute atomic E-state index is 0.126. The molecule has 0 fully saturated rings. The first-order chi connectivity index (χ1) is 12.1. The van der Waals surface area contributed by atoms with Crippen molar-refractivity contribution in [3.05, 3.63) is 22.3 Å². The van der Waals surface area contributed by atoms with Gasteiger partial charge in [0.2, 0.25) is 11.1 Å². The zero-order valence-electron chi connectivity index (χ0n) is 13.8. The smallest absolute Gasteiger partial charge is 0.341 e. The Morgan fingerprint density at radius 3 is 2.96 bits per heavy atom. The number of rotatable bonds is 6. The second kappa shape index (κ2) is 7.87. The van der Waals surface area contributed by atoms with E-state index < -0.39 is 0 Å². The predicted molar refractivity (Wildman–Crippen MR) is 96.4 cm³/mol. The average Bonchev–Trinajstić information content (AvgIpc) is 3.16. The van der Waals surface area contributed by atoms with Gasteiger partial charge in [-0.15, -0.1) is 21.5 Å². The molecule has 134 valence electrons. The molecule has 0 atom stereocenters. The molecule has 0 unspecified atom stereocenters. The topological polar surface area (TPSA) is 112 Å². The lowest BCUT2D eigenvalue weighted by atomic mass is 9.95. The summed E-state index contributed by atoms with van der Waals surface area (Å²) in [5.74, 6) is 5.15. The summed E-state index contributed by atoms with van der Waals surface area (Å²) in [5, 5.41) is 11.4. The third-order valence-corrected chi connectivity index (χ3v) is 5.94. The highest BCUT2D eigenvalue weighted by Gasteiger charge is 2.27. The number of fused-ring (bicyclic) bond motifs is 1. The molecule has 0 radical (unpaired) electrons. The fraction of sp³-hybridized carbons (Fsp3) is 0.467. The van der Waals surface area contributed by atoms with E-state index in [4.69, 9.17) is 10.6 Å². The molecule has 8 nitrogen and oxygen atoms in total. The van der Waals surface area contributed by atoms with Crippen LogP contribution in [-0.2, 0) is 22.4 Å². The number of carbonyl (C=O) groups excluding carboxylic acids is 2. The lowest BCUT2D eigenvalue weighted by Gasteiger charge is -2.12. The van der Waals surface area contributed by atoms with Gasteiger partial charge in [-0.05, 0) is 38.2 Å². The van der Waals surface area contributed by atoms with E-state index in [9.17, 15) is 9.59 Å². The van der Waals surface area contributed by atoms with Crippen molar-refractivity contribution in [2.24, 2.45) is 0 Å². The largest absolute Gasteiger partial charge is 0.462 e. The monoisotopic (exact) mass is 381 g/mol. The number of nitrogen functional groups attached to an aromatic ring is 1. The van der Waals surface area contributed by atoms with Crippen molar-refractivity contribution in [3.63, 3.8) is 0 Å². The molecule has 1 aliphatic rings. The maximum absolute atomic E-state index is 12.4. The molecule has 25 heavy (non-hydrogen) atoms. The van der Waals surface area contributed by atoms with Crippen LogP contribution in [0, 0.1) is 0 Å². The van der Waals surface area contributed by atoms with Crippen molar-refractivity contribution in [1.82, 2.24) is 14.9 Å². The van der Waals surface area contributed by atoms with Gasteiger partial charge in [0.1, 0.15) is 11.3 Å². The number of amides is 1. The number of aryl methyl sites for hydroxylation is 1. The minimum atomic E-state index is -0.369. The van der Waals surface area contributed by atoms with Gasteiger partial charge < -0.3 is 15.9 Å². The van der Waals surface area contributed by atoms with Crippen LogP contribution < -0.4 is 11.2 Å². The molecule has 0 spiro atoms. The zero-order valence-corrected chi connectivity index (χ0v) is 15.4.